The van der Waals surface area contributed by atoms with E-state index in [4.69, 9.17) is 14.2 Å². The molecule has 1 N–H and O–H groups in total. The van der Waals surface area contributed by atoms with Crippen LogP contribution in [0.15, 0.2) is 30.5 Å². The predicted molar refractivity (Wildman–Crippen MR) is 121 cm³/mol. The van der Waals surface area contributed by atoms with Gasteiger partial charge in [0, 0.05) is 17.8 Å². The molecule has 0 spiro atoms. The van der Waals surface area contributed by atoms with Crippen molar-refractivity contribution in [3.63, 3.8) is 0 Å². The Morgan fingerprint density at radius 2 is 1.97 bits per heavy atom. The molecule has 31 heavy (non-hydrogen) atoms. The van der Waals surface area contributed by atoms with Crippen LogP contribution in [0.4, 0.5) is 0 Å². The van der Waals surface area contributed by atoms with Crippen molar-refractivity contribution < 1.29 is 27.0 Å². The van der Waals surface area contributed by atoms with Gasteiger partial charge in [0.05, 0.1) is 19.3 Å². The van der Waals surface area contributed by atoms with Gasteiger partial charge in [-0.2, -0.15) is 0 Å². The molecule has 0 bridgehead atoms. The molecule has 2 aromatic rings. The first-order chi connectivity index (χ1) is 14.4. The molecule has 1 heterocycles. The second kappa shape index (κ2) is 12.0. The Labute approximate surface area is 217 Å². The summed E-state index contributed by atoms with van der Waals surface area (Å²) in [6.07, 6.45) is 8.68. The molecule has 1 fully saturated rings. The molecular weight excluding hydrogens is 424 g/mol. The summed E-state index contributed by atoms with van der Waals surface area (Å²) in [5, 5.41) is 13.9. The van der Waals surface area contributed by atoms with Crippen LogP contribution in [0.25, 0.3) is 0 Å². The van der Waals surface area contributed by atoms with Gasteiger partial charge < -0.3 is 22.2 Å². The van der Waals surface area contributed by atoms with Gasteiger partial charge >= 0.3 is 43.7 Å². The van der Waals surface area contributed by atoms with E-state index in [-0.39, 0.29) is 40.6 Å². The monoisotopic (exact) mass is 458 g/mol. The Morgan fingerprint density at radius 1 is 1.26 bits per heavy atom. The van der Waals surface area contributed by atoms with Crippen LogP contribution in [0.3, 0.4) is 0 Å². The number of carbonyl (C=O) groups is 1. The first-order valence-electron chi connectivity index (χ1n) is 10.7. The van der Waals surface area contributed by atoms with Crippen LogP contribution in [-0.2, 0) is 11.2 Å². The van der Waals surface area contributed by atoms with Crippen molar-refractivity contribution in [2.24, 2.45) is 0 Å². The van der Waals surface area contributed by atoms with Crippen LogP contribution < -0.4 is 14.2 Å². The molecule has 0 amide bonds. The Morgan fingerprint density at radius 3 is 2.65 bits per heavy atom. The summed E-state index contributed by atoms with van der Waals surface area (Å²) >= 11 is 0. The van der Waals surface area contributed by atoms with Gasteiger partial charge in [-0.25, -0.2) is 4.79 Å². The SMILES string of the molecule is CCOc1nn(C2CCCC2)cc1CCCOc1cccc(OC(C)(C)C(=O)O)c1.[Ca+2].[H-].[H-]. The first-order valence-corrected chi connectivity index (χ1v) is 10.7. The second-order valence-electron chi connectivity index (χ2n) is 8.16. The van der Waals surface area contributed by atoms with Crippen molar-refractivity contribution in [3.05, 3.63) is 36.0 Å². The van der Waals surface area contributed by atoms with Gasteiger partial charge in [0.1, 0.15) is 11.5 Å². The number of nitrogens with zero attached hydrogens (tertiary/aromatic N) is 2. The fraction of sp³-hybridized carbons (Fsp3) is 0.565. The molecule has 3 rings (SSSR count). The molecule has 0 radical (unpaired) electrons. The van der Waals surface area contributed by atoms with Crippen molar-refractivity contribution >= 4 is 43.7 Å². The molecule has 0 saturated heterocycles. The van der Waals surface area contributed by atoms with Crippen molar-refractivity contribution in [2.75, 3.05) is 13.2 Å². The number of hydrogen-bond donors (Lipinski definition) is 1. The molecule has 168 valence electrons. The van der Waals surface area contributed by atoms with Gasteiger partial charge in [0.25, 0.3) is 0 Å². The minimum atomic E-state index is -1.30. The third kappa shape index (κ3) is 7.29. The third-order valence-corrected chi connectivity index (χ3v) is 5.30. The quantitative estimate of drug-likeness (QED) is 0.394. The maximum absolute atomic E-state index is 11.2. The zero-order valence-corrected chi connectivity index (χ0v) is 21.0. The van der Waals surface area contributed by atoms with Gasteiger partial charge in [-0.15, -0.1) is 5.10 Å². The van der Waals surface area contributed by atoms with E-state index in [1.807, 2.05) is 13.0 Å². The maximum atomic E-state index is 11.2. The maximum Gasteiger partial charge on any atom is 2.00 e. The molecule has 0 unspecified atom stereocenters. The zero-order valence-electron chi connectivity index (χ0n) is 20.8. The van der Waals surface area contributed by atoms with Gasteiger partial charge in [-0.05, 0) is 58.6 Å². The summed E-state index contributed by atoms with van der Waals surface area (Å²) in [6.45, 7) is 6.15. The largest absolute Gasteiger partial charge is 2.00 e. The van der Waals surface area contributed by atoms with E-state index in [1.54, 1.807) is 18.2 Å². The predicted octanol–water partition coefficient (Wildman–Crippen LogP) is 4.49. The number of carboxylic acids is 1. The number of rotatable bonds is 11. The molecule has 1 saturated carbocycles. The second-order valence-corrected chi connectivity index (χ2v) is 8.16. The van der Waals surface area contributed by atoms with Crippen molar-refractivity contribution in [1.29, 1.82) is 0 Å². The Kier molecular flexibility index (Phi) is 9.97. The van der Waals surface area contributed by atoms with Gasteiger partial charge in [-0.1, -0.05) is 18.9 Å². The van der Waals surface area contributed by atoms with Crippen LogP contribution in [0.5, 0.6) is 17.4 Å². The number of benzene rings is 1. The first kappa shape index (κ1) is 25.8. The van der Waals surface area contributed by atoms with Crippen LogP contribution in [0, 0.1) is 0 Å². The van der Waals surface area contributed by atoms with E-state index in [9.17, 15) is 9.90 Å². The van der Waals surface area contributed by atoms with Crippen LogP contribution in [-0.4, -0.2) is 77.4 Å². The number of aliphatic carboxylic acids is 1. The number of ether oxygens (including phenoxy) is 3. The Hall–Kier alpha value is -1.44. The molecule has 1 aromatic heterocycles. The van der Waals surface area contributed by atoms with Crippen LogP contribution in [0.1, 0.15) is 67.3 Å². The van der Waals surface area contributed by atoms with Crippen LogP contribution >= 0.6 is 0 Å². The van der Waals surface area contributed by atoms with Crippen molar-refractivity contribution in [1.82, 2.24) is 9.78 Å². The molecule has 0 aliphatic heterocycles. The van der Waals surface area contributed by atoms with Crippen molar-refractivity contribution in [2.45, 2.75) is 70.9 Å². The van der Waals surface area contributed by atoms with Gasteiger partial charge in [0.2, 0.25) is 5.88 Å². The summed E-state index contributed by atoms with van der Waals surface area (Å²) in [6, 6.07) is 7.57. The number of carboxylic acid groups (broad SMARTS) is 1. The molecule has 0 atom stereocenters. The summed E-state index contributed by atoms with van der Waals surface area (Å²) in [7, 11) is 0. The minimum Gasteiger partial charge on any atom is -1.00 e. The number of aryl methyl sites for hydroxylation is 1. The molecule has 7 nitrogen and oxygen atoms in total. The summed E-state index contributed by atoms with van der Waals surface area (Å²) in [5.74, 6) is 0.838. The Balaban J connectivity index is 0.00000341. The van der Waals surface area contributed by atoms with Crippen molar-refractivity contribution in [3.8, 4) is 17.4 Å². The van der Waals surface area contributed by atoms with E-state index in [1.165, 1.54) is 39.5 Å². The molecule has 8 heteroatoms. The third-order valence-electron chi connectivity index (χ3n) is 5.30. The van der Waals surface area contributed by atoms with Gasteiger partial charge in [0.15, 0.2) is 5.60 Å². The topological polar surface area (TPSA) is 82.8 Å². The minimum absolute atomic E-state index is 0. The zero-order chi connectivity index (χ0) is 21.6. The van der Waals surface area contributed by atoms with Crippen LogP contribution in [0.2, 0.25) is 0 Å². The summed E-state index contributed by atoms with van der Waals surface area (Å²) in [4.78, 5) is 11.2. The fourth-order valence-electron chi connectivity index (χ4n) is 3.62. The molecule has 1 aliphatic rings. The van der Waals surface area contributed by atoms with E-state index < -0.39 is 11.6 Å². The molecular formula is C23H34CaN2O5. The van der Waals surface area contributed by atoms with E-state index >= 15 is 0 Å². The standard InChI is InChI=1S/C23H32N2O5.Ca.2H/c1-4-28-21-17(16-25(24-21)18-10-5-6-11-18)9-8-14-29-19-12-7-13-20(15-19)30-23(2,3)22(26)27;;;/h7,12-13,15-16,18H,4-6,8-11,14H2,1-3H3,(H,26,27);;;/q;+2;2*-1. The number of hydrogen-bond acceptors (Lipinski definition) is 5. The average molecular weight is 459 g/mol. The molecule has 1 aliphatic carbocycles. The normalized spacial score (nSPS) is 14.2. The smallest absolute Gasteiger partial charge is 1.00 e. The van der Waals surface area contributed by atoms with Gasteiger partial charge in [-0.3, -0.25) is 4.68 Å². The summed E-state index contributed by atoms with van der Waals surface area (Å²) < 4.78 is 19.2. The number of aromatic nitrogens is 2. The molecule has 1 aromatic carbocycles. The average Bonchev–Trinajstić information content (AvgIpc) is 3.35. The fourth-order valence-corrected chi connectivity index (χ4v) is 3.62. The van der Waals surface area contributed by atoms with E-state index in [0.717, 1.165) is 24.3 Å². The van der Waals surface area contributed by atoms with E-state index in [2.05, 4.69) is 16.0 Å². The van der Waals surface area contributed by atoms with E-state index in [0.29, 0.717) is 30.8 Å². The summed E-state index contributed by atoms with van der Waals surface area (Å²) in [5.41, 5.74) is -0.180. The Bertz CT molecular complexity index is 857.